The van der Waals surface area contributed by atoms with Crippen LogP contribution < -0.4 is 16.0 Å². The Hall–Kier alpha value is -4.12. The van der Waals surface area contributed by atoms with Gasteiger partial charge in [-0.1, -0.05) is 71.2 Å². The molecule has 3 N–H and O–H groups in total. The van der Waals surface area contributed by atoms with Crippen LogP contribution in [0.1, 0.15) is 15.9 Å². The molecule has 0 aliphatic heterocycles. The van der Waals surface area contributed by atoms with Crippen molar-refractivity contribution in [1.82, 2.24) is 10.3 Å². The van der Waals surface area contributed by atoms with Crippen molar-refractivity contribution in [2.75, 3.05) is 16.4 Å². The van der Waals surface area contributed by atoms with E-state index in [2.05, 4.69) is 20.9 Å². The highest BCUT2D eigenvalue weighted by Crippen LogP contribution is 2.32. The zero-order chi connectivity index (χ0) is 31.8. The summed E-state index contributed by atoms with van der Waals surface area (Å²) in [5, 5.41) is 12.2. The van der Waals surface area contributed by atoms with E-state index >= 15 is 0 Å². The van der Waals surface area contributed by atoms with E-state index in [1.54, 1.807) is 97.1 Å². The Morgan fingerprint density at radius 1 is 0.822 bits per heavy atom. The van der Waals surface area contributed by atoms with Crippen LogP contribution in [0.15, 0.2) is 113 Å². The fraction of sp³-hybridized carbons (Fsp3) is 0.0303. The number of thioether (sulfide) groups is 1. The van der Waals surface area contributed by atoms with Gasteiger partial charge in [0.25, 0.3) is 11.8 Å². The largest absolute Gasteiger partial charge is 0.321 e. The molecule has 1 heterocycles. The SMILES string of the molecule is O=C(CSc1cccc(NC(=O)/C(=C/c2ccc(Cl)cc2)NC(=O)c2ccccc2)c1)Nc1nc(-c2ccc(Cl)cc2Cl)cs1. The lowest BCUT2D eigenvalue weighted by atomic mass is 10.1. The summed E-state index contributed by atoms with van der Waals surface area (Å²) in [5.41, 5.74) is 2.98. The van der Waals surface area contributed by atoms with Crippen molar-refractivity contribution in [2.24, 2.45) is 0 Å². The molecule has 0 unspecified atom stereocenters. The van der Waals surface area contributed by atoms with Crippen molar-refractivity contribution >= 4 is 92.5 Å². The molecule has 0 bridgehead atoms. The Kier molecular flexibility index (Phi) is 10.9. The molecule has 4 aromatic carbocycles. The Balaban J connectivity index is 1.22. The van der Waals surface area contributed by atoms with Crippen LogP contribution in [0.25, 0.3) is 17.3 Å². The van der Waals surface area contributed by atoms with Gasteiger partial charge in [0.2, 0.25) is 5.91 Å². The van der Waals surface area contributed by atoms with Crippen LogP contribution in [0.5, 0.6) is 0 Å². The van der Waals surface area contributed by atoms with Crippen molar-refractivity contribution in [1.29, 1.82) is 0 Å². The van der Waals surface area contributed by atoms with E-state index in [9.17, 15) is 14.4 Å². The minimum absolute atomic E-state index is 0.0475. The third kappa shape index (κ3) is 9.20. The highest BCUT2D eigenvalue weighted by Gasteiger charge is 2.16. The maximum atomic E-state index is 13.4. The van der Waals surface area contributed by atoms with Gasteiger partial charge in [0, 0.05) is 37.1 Å². The predicted molar refractivity (Wildman–Crippen MR) is 185 cm³/mol. The molecule has 0 atom stereocenters. The van der Waals surface area contributed by atoms with Gasteiger partial charge < -0.3 is 16.0 Å². The summed E-state index contributed by atoms with van der Waals surface area (Å²) in [6.07, 6.45) is 1.57. The van der Waals surface area contributed by atoms with Crippen LogP contribution >= 0.6 is 57.9 Å². The van der Waals surface area contributed by atoms with E-state index in [4.69, 9.17) is 34.8 Å². The maximum Gasteiger partial charge on any atom is 0.272 e. The predicted octanol–water partition coefficient (Wildman–Crippen LogP) is 8.91. The number of carbonyl (C=O) groups excluding carboxylic acids is 3. The van der Waals surface area contributed by atoms with E-state index in [0.29, 0.717) is 42.7 Å². The fourth-order valence-electron chi connectivity index (χ4n) is 3.99. The van der Waals surface area contributed by atoms with Gasteiger partial charge in [-0.05, 0) is 72.3 Å². The summed E-state index contributed by atoms with van der Waals surface area (Å²) in [7, 11) is 0. The smallest absolute Gasteiger partial charge is 0.272 e. The summed E-state index contributed by atoms with van der Waals surface area (Å²) >= 11 is 20.9. The van der Waals surface area contributed by atoms with Crippen molar-refractivity contribution in [2.45, 2.75) is 4.90 Å². The first-order valence-electron chi connectivity index (χ1n) is 13.3. The van der Waals surface area contributed by atoms with Gasteiger partial charge in [0.1, 0.15) is 5.70 Å². The highest BCUT2D eigenvalue weighted by atomic mass is 35.5. The van der Waals surface area contributed by atoms with Crippen LogP contribution in [0.4, 0.5) is 10.8 Å². The molecule has 0 aliphatic carbocycles. The Labute approximate surface area is 282 Å². The molecule has 0 saturated heterocycles. The molecule has 0 fully saturated rings. The van der Waals surface area contributed by atoms with Crippen LogP contribution in [-0.4, -0.2) is 28.5 Å². The number of rotatable bonds is 10. The van der Waals surface area contributed by atoms with Crippen molar-refractivity contribution in [3.05, 3.63) is 134 Å². The van der Waals surface area contributed by atoms with Crippen LogP contribution in [0.3, 0.4) is 0 Å². The topological polar surface area (TPSA) is 100 Å². The highest BCUT2D eigenvalue weighted by molar-refractivity contribution is 8.00. The number of amides is 3. The molecule has 5 rings (SSSR count). The van der Waals surface area contributed by atoms with Crippen LogP contribution in [-0.2, 0) is 9.59 Å². The van der Waals surface area contributed by atoms with Gasteiger partial charge in [-0.3, -0.25) is 14.4 Å². The second-order valence-corrected chi connectivity index (χ2v) is 12.6. The Bertz CT molecular complexity index is 1880. The van der Waals surface area contributed by atoms with E-state index in [-0.39, 0.29) is 17.4 Å². The molecule has 7 nitrogen and oxygen atoms in total. The molecule has 3 amide bonds. The fourth-order valence-corrected chi connectivity index (χ4v) is 6.10. The molecule has 0 saturated carbocycles. The lowest BCUT2D eigenvalue weighted by Crippen LogP contribution is -2.30. The number of thiazole rings is 1. The molecule has 0 aliphatic rings. The normalized spacial score (nSPS) is 11.1. The lowest BCUT2D eigenvalue weighted by Gasteiger charge is -2.12. The standard InChI is InChI=1S/C33H23Cl3N4O3S2/c34-22-11-9-20(10-12-22)15-28(38-31(42)21-5-2-1-3-6-21)32(43)37-24-7-4-8-25(17-24)44-19-30(41)40-33-39-29(18-45-33)26-14-13-23(35)16-27(26)36/h1-18H,19H2,(H,37,43)(H,38,42)(H,39,40,41)/b28-15-. The molecule has 45 heavy (non-hydrogen) atoms. The number of anilines is 2. The second kappa shape index (κ2) is 15.2. The number of carbonyl (C=O) groups is 3. The average Bonchev–Trinajstić information content (AvgIpc) is 3.49. The van der Waals surface area contributed by atoms with Crippen molar-refractivity contribution in [3.8, 4) is 11.3 Å². The summed E-state index contributed by atoms with van der Waals surface area (Å²) in [6, 6.07) is 27.7. The van der Waals surface area contributed by atoms with Gasteiger partial charge in [-0.15, -0.1) is 23.1 Å². The first-order valence-corrected chi connectivity index (χ1v) is 16.3. The Morgan fingerprint density at radius 3 is 2.33 bits per heavy atom. The molecule has 5 aromatic rings. The van der Waals surface area contributed by atoms with Crippen molar-refractivity contribution in [3.63, 3.8) is 0 Å². The quantitative estimate of drug-likeness (QED) is 0.100. The number of hydrogen-bond acceptors (Lipinski definition) is 6. The molecular weight excluding hydrogens is 671 g/mol. The molecule has 226 valence electrons. The zero-order valence-electron chi connectivity index (χ0n) is 23.2. The number of benzene rings is 4. The van der Waals surface area contributed by atoms with Gasteiger partial charge in [0.15, 0.2) is 5.13 Å². The van der Waals surface area contributed by atoms with Gasteiger partial charge in [-0.2, -0.15) is 0 Å². The van der Waals surface area contributed by atoms with Gasteiger partial charge >= 0.3 is 0 Å². The summed E-state index contributed by atoms with van der Waals surface area (Å²) < 4.78 is 0. The summed E-state index contributed by atoms with van der Waals surface area (Å²) in [4.78, 5) is 44.1. The third-order valence-electron chi connectivity index (χ3n) is 6.13. The van der Waals surface area contributed by atoms with Crippen molar-refractivity contribution < 1.29 is 14.4 Å². The van der Waals surface area contributed by atoms with E-state index in [1.807, 2.05) is 11.4 Å². The van der Waals surface area contributed by atoms with Crippen LogP contribution in [0.2, 0.25) is 15.1 Å². The van der Waals surface area contributed by atoms with Crippen LogP contribution in [0, 0.1) is 0 Å². The maximum absolute atomic E-state index is 13.4. The van der Waals surface area contributed by atoms with Gasteiger partial charge in [0.05, 0.1) is 16.5 Å². The summed E-state index contributed by atoms with van der Waals surface area (Å²) in [5.74, 6) is -1.07. The minimum Gasteiger partial charge on any atom is -0.321 e. The Morgan fingerprint density at radius 2 is 1.58 bits per heavy atom. The molecule has 0 radical (unpaired) electrons. The molecule has 0 spiro atoms. The van der Waals surface area contributed by atoms with E-state index in [0.717, 1.165) is 10.5 Å². The van der Waals surface area contributed by atoms with E-state index in [1.165, 1.54) is 23.1 Å². The molecule has 1 aromatic heterocycles. The first kappa shape index (κ1) is 32.3. The molecular formula is C33H23Cl3N4O3S2. The lowest BCUT2D eigenvalue weighted by molar-refractivity contribution is -0.114. The molecule has 12 heteroatoms. The summed E-state index contributed by atoms with van der Waals surface area (Å²) in [6.45, 7) is 0. The third-order valence-corrected chi connectivity index (χ3v) is 8.68. The number of nitrogens with zero attached hydrogens (tertiary/aromatic N) is 1. The monoisotopic (exact) mass is 692 g/mol. The minimum atomic E-state index is -0.519. The number of halogens is 3. The first-order chi connectivity index (χ1) is 21.7. The van der Waals surface area contributed by atoms with Gasteiger partial charge in [-0.25, -0.2) is 4.98 Å². The number of aromatic nitrogens is 1. The zero-order valence-corrected chi connectivity index (χ0v) is 27.1. The number of hydrogen-bond donors (Lipinski definition) is 3. The second-order valence-electron chi connectivity index (χ2n) is 9.41. The van der Waals surface area contributed by atoms with E-state index < -0.39 is 11.8 Å². The average molecular weight is 694 g/mol. The number of nitrogens with one attached hydrogen (secondary N) is 3.